The fourth-order valence-electron chi connectivity index (χ4n) is 2.69. The van der Waals surface area contributed by atoms with E-state index < -0.39 is 0 Å². The normalized spacial score (nSPS) is 13.1. The van der Waals surface area contributed by atoms with Crippen LogP contribution in [0.5, 0.6) is 0 Å². The van der Waals surface area contributed by atoms with E-state index in [2.05, 4.69) is 25.8 Å². The van der Waals surface area contributed by atoms with E-state index in [0.717, 1.165) is 35.1 Å². The first-order chi connectivity index (χ1) is 12.5. The number of nitrogens with one attached hydrogen (secondary N) is 2. The van der Waals surface area contributed by atoms with Crippen molar-refractivity contribution in [2.45, 2.75) is 40.2 Å². The minimum atomic E-state index is -0.183. The van der Waals surface area contributed by atoms with Crippen LogP contribution in [0.1, 0.15) is 37.8 Å². The van der Waals surface area contributed by atoms with Crippen molar-refractivity contribution >= 4 is 23.4 Å². The molecule has 1 fully saturated rings. The number of rotatable bonds is 3. The summed E-state index contributed by atoms with van der Waals surface area (Å²) in [7, 11) is 3.49. The van der Waals surface area contributed by atoms with Gasteiger partial charge in [-0.2, -0.15) is 0 Å². The lowest BCUT2D eigenvalue weighted by Gasteiger charge is -2.25. The molecule has 2 amide bonds. The molecule has 150 valence electrons. The lowest BCUT2D eigenvalue weighted by Crippen LogP contribution is -2.32. The van der Waals surface area contributed by atoms with E-state index in [1.54, 1.807) is 11.7 Å². The summed E-state index contributed by atoms with van der Waals surface area (Å²) < 4.78 is 1.75. The highest BCUT2D eigenvalue weighted by Crippen LogP contribution is 2.16. The predicted molar refractivity (Wildman–Crippen MR) is 111 cm³/mol. The first kappa shape index (κ1) is 22.8. The van der Waals surface area contributed by atoms with Gasteiger partial charge in [0, 0.05) is 38.8 Å². The Morgan fingerprint density at radius 2 is 1.96 bits per heavy atom. The summed E-state index contributed by atoms with van der Waals surface area (Å²) in [5, 5.41) is 13.9. The van der Waals surface area contributed by atoms with Crippen LogP contribution in [0.15, 0.2) is 24.4 Å². The Morgan fingerprint density at radius 1 is 1.26 bits per heavy atom. The van der Waals surface area contributed by atoms with Gasteiger partial charge in [0.15, 0.2) is 5.82 Å². The third-order valence-electron chi connectivity index (χ3n) is 4.17. The molecule has 0 aliphatic carbocycles. The lowest BCUT2D eigenvalue weighted by molar-refractivity contribution is 0.242. The molecular formula is C19H31ClN6O. The van der Waals surface area contributed by atoms with Crippen molar-refractivity contribution in [3.8, 4) is 0 Å². The van der Waals surface area contributed by atoms with Gasteiger partial charge >= 0.3 is 6.03 Å². The summed E-state index contributed by atoms with van der Waals surface area (Å²) in [5.41, 5.74) is 2.05. The molecule has 1 aliphatic rings. The Morgan fingerprint density at radius 3 is 2.52 bits per heavy atom. The van der Waals surface area contributed by atoms with Crippen LogP contribution in [-0.4, -0.2) is 41.2 Å². The molecule has 2 N–H and O–H groups in total. The molecule has 1 aromatic carbocycles. The maximum absolute atomic E-state index is 10.9. The number of urea groups is 1. The molecule has 3 rings (SSSR count). The first-order valence-corrected chi connectivity index (χ1v) is 9.19. The standard InChI is InChI=1S/C10H13ClN2O.C8H14N4.CH4/c1-7-5-8(3-4-9(7)11)6-13-10(14)12-2;1-11-7-8(9-10-11)12-5-3-2-4-6-12;/h3-5H,6H2,1-2H3,(H2,12,13,14);7H,2-6H2,1H3;1H4. The van der Waals surface area contributed by atoms with Crippen LogP contribution in [0.3, 0.4) is 0 Å². The molecule has 0 atom stereocenters. The van der Waals surface area contributed by atoms with Crippen LogP contribution in [0.2, 0.25) is 5.02 Å². The van der Waals surface area contributed by atoms with E-state index in [1.807, 2.05) is 38.4 Å². The molecule has 1 saturated heterocycles. The minimum Gasteiger partial charge on any atom is -0.354 e. The second-order valence-electron chi connectivity index (χ2n) is 6.31. The van der Waals surface area contributed by atoms with E-state index in [1.165, 1.54) is 19.3 Å². The van der Waals surface area contributed by atoms with Gasteiger partial charge in [0.25, 0.3) is 0 Å². The molecular weight excluding hydrogens is 364 g/mol. The number of aromatic nitrogens is 3. The predicted octanol–water partition coefficient (Wildman–Crippen LogP) is 3.52. The van der Waals surface area contributed by atoms with Gasteiger partial charge in [-0.05, 0) is 43.4 Å². The number of aryl methyl sites for hydroxylation is 2. The molecule has 0 bridgehead atoms. The Hall–Kier alpha value is -2.28. The molecule has 0 unspecified atom stereocenters. The van der Waals surface area contributed by atoms with Crippen molar-refractivity contribution in [3.05, 3.63) is 40.5 Å². The summed E-state index contributed by atoms with van der Waals surface area (Å²) in [6.45, 7) is 4.72. The van der Waals surface area contributed by atoms with Crippen molar-refractivity contribution in [2.24, 2.45) is 7.05 Å². The zero-order valence-electron chi connectivity index (χ0n) is 15.6. The van der Waals surface area contributed by atoms with E-state index in [4.69, 9.17) is 11.6 Å². The molecule has 1 aromatic heterocycles. The zero-order chi connectivity index (χ0) is 18.9. The summed E-state index contributed by atoms with van der Waals surface area (Å²) in [5.74, 6) is 1.03. The number of nitrogens with zero attached hydrogens (tertiary/aromatic N) is 4. The third-order valence-corrected chi connectivity index (χ3v) is 4.60. The number of benzene rings is 1. The second-order valence-corrected chi connectivity index (χ2v) is 6.72. The monoisotopic (exact) mass is 394 g/mol. The van der Waals surface area contributed by atoms with Crippen molar-refractivity contribution < 1.29 is 4.79 Å². The number of hydrogen-bond donors (Lipinski definition) is 2. The quantitative estimate of drug-likeness (QED) is 0.835. The van der Waals surface area contributed by atoms with Crippen LogP contribution < -0.4 is 15.5 Å². The van der Waals surface area contributed by atoms with Gasteiger partial charge < -0.3 is 15.5 Å². The molecule has 27 heavy (non-hydrogen) atoms. The average Bonchev–Trinajstić information content (AvgIpc) is 3.10. The summed E-state index contributed by atoms with van der Waals surface area (Å²) >= 11 is 5.87. The number of amides is 2. The smallest absolute Gasteiger partial charge is 0.314 e. The summed E-state index contributed by atoms with van der Waals surface area (Å²) in [6.07, 6.45) is 5.91. The number of anilines is 1. The number of carbonyl (C=O) groups is 1. The highest BCUT2D eigenvalue weighted by molar-refractivity contribution is 6.31. The van der Waals surface area contributed by atoms with Crippen LogP contribution in [0.4, 0.5) is 10.6 Å². The van der Waals surface area contributed by atoms with Crippen LogP contribution >= 0.6 is 11.6 Å². The molecule has 2 heterocycles. The second kappa shape index (κ2) is 11.4. The molecule has 1 aliphatic heterocycles. The summed E-state index contributed by atoms with van der Waals surface area (Å²) in [4.78, 5) is 13.2. The topological polar surface area (TPSA) is 75.1 Å². The molecule has 0 saturated carbocycles. The lowest BCUT2D eigenvalue weighted by atomic mass is 10.1. The molecule has 2 aromatic rings. The minimum absolute atomic E-state index is 0. The Labute approximate surface area is 167 Å². The molecule has 7 nitrogen and oxygen atoms in total. The van der Waals surface area contributed by atoms with Gasteiger partial charge in [-0.15, -0.1) is 5.10 Å². The molecule has 0 radical (unpaired) electrons. The van der Waals surface area contributed by atoms with Crippen LogP contribution in [0.25, 0.3) is 0 Å². The van der Waals surface area contributed by atoms with Gasteiger partial charge in [0.1, 0.15) is 0 Å². The van der Waals surface area contributed by atoms with E-state index in [-0.39, 0.29) is 13.5 Å². The van der Waals surface area contributed by atoms with Crippen molar-refractivity contribution in [1.82, 2.24) is 25.6 Å². The first-order valence-electron chi connectivity index (χ1n) is 8.81. The van der Waals surface area contributed by atoms with Crippen molar-refractivity contribution in [3.63, 3.8) is 0 Å². The van der Waals surface area contributed by atoms with Crippen molar-refractivity contribution in [1.29, 1.82) is 0 Å². The van der Waals surface area contributed by atoms with Gasteiger partial charge in [-0.1, -0.05) is 36.4 Å². The Bertz CT molecular complexity index is 712. The largest absolute Gasteiger partial charge is 0.354 e. The highest BCUT2D eigenvalue weighted by Gasteiger charge is 2.12. The maximum Gasteiger partial charge on any atom is 0.314 e. The Balaban J connectivity index is 0.000000262. The fourth-order valence-corrected chi connectivity index (χ4v) is 2.81. The third kappa shape index (κ3) is 7.46. The van der Waals surface area contributed by atoms with E-state index in [9.17, 15) is 4.79 Å². The number of hydrogen-bond acceptors (Lipinski definition) is 4. The average molecular weight is 395 g/mol. The number of carbonyl (C=O) groups excluding carboxylic acids is 1. The van der Waals surface area contributed by atoms with E-state index >= 15 is 0 Å². The number of piperidine rings is 1. The maximum atomic E-state index is 10.9. The van der Waals surface area contributed by atoms with Gasteiger partial charge in [0.05, 0.1) is 6.20 Å². The van der Waals surface area contributed by atoms with Crippen molar-refractivity contribution in [2.75, 3.05) is 25.0 Å². The van der Waals surface area contributed by atoms with Crippen LogP contribution in [0, 0.1) is 6.92 Å². The van der Waals surface area contributed by atoms with Crippen LogP contribution in [-0.2, 0) is 13.6 Å². The summed E-state index contributed by atoms with van der Waals surface area (Å²) in [6, 6.07) is 5.50. The van der Waals surface area contributed by atoms with Gasteiger partial charge in [-0.25, -0.2) is 4.79 Å². The number of halogens is 1. The van der Waals surface area contributed by atoms with Gasteiger partial charge in [0.2, 0.25) is 0 Å². The fraction of sp³-hybridized carbons (Fsp3) is 0.526. The van der Waals surface area contributed by atoms with E-state index in [0.29, 0.717) is 6.54 Å². The SMILES string of the molecule is C.CNC(=O)NCc1ccc(Cl)c(C)c1.Cn1cc(N2CCCCC2)nn1. The molecule has 0 spiro atoms. The zero-order valence-corrected chi connectivity index (χ0v) is 16.4. The molecule has 8 heteroatoms. The Kier molecular flexibility index (Phi) is 9.64. The highest BCUT2D eigenvalue weighted by atomic mass is 35.5. The van der Waals surface area contributed by atoms with Gasteiger partial charge in [-0.3, -0.25) is 4.68 Å².